The maximum absolute atomic E-state index is 12.8. The van der Waals surface area contributed by atoms with Gasteiger partial charge in [-0.3, -0.25) is 9.59 Å². The molecular formula is C25H20ClN3O4. The molecule has 0 N–H and O–H groups in total. The Balaban J connectivity index is 1.34. The smallest absolute Gasteiger partial charge is 0.254 e. The van der Waals surface area contributed by atoms with Crippen LogP contribution in [0.4, 0.5) is 0 Å². The highest BCUT2D eigenvalue weighted by Crippen LogP contribution is 2.52. The molecule has 1 saturated carbocycles. The summed E-state index contributed by atoms with van der Waals surface area (Å²) in [5.41, 5.74) is 1.80. The molecule has 0 aromatic heterocycles. The van der Waals surface area contributed by atoms with Gasteiger partial charge in [-0.25, -0.2) is 0 Å². The Morgan fingerprint density at radius 2 is 1.88 bits per heavy atom. The summed E-state index contributed by atoms with van der Waals surface area (Å²) < 4.78 is 11.3. The van der Waals surface area contributed by atoms with Crippen LogP contribution in [0.25, 0.3) is 0 Å². The lowest BCUT2D eigenvalue weighted by molar-refractivity contribution is -0.140. The van der Waals surface area contributed by atoms with E-state index in [9.17, 15) is 14.9 Å². The Labute approximate surface area is 195 Å². The van der Waals surface area contributed by atoms with Crippen LogP contribution in [0.2, 0.25) is 5.02 Å². The highest BCUT2D eigenvalue weighted by molar-refractivity contribution is 6.32. The Morgan fingerprint density at radius 3 is 2.55 bits per heavy atom. The fourth-order valence-electron chi connectivity index (χ4n) is 4.98. The molecule has 5 rings (SSSR count). The second kappa shape index (κ2) is 8.38. The number of imide groups is 1. The molecule has 2 bridgehead atoms. The minimum absolute atomic E-state index is 0.133. The van der Waals surface area contributed by atoms with Gasteiger partial charge in [0.25, 0.3) is 11.8 Å². The molecular weight excluding hydrogens is 442 g/mol. The average Bonchev–Trinajstić information content (AvgIpc) is 3.51. The topological polar surface area (TPSA) is 92.0 Å². The van der Waals surface area contributed by atoms with Gasteiger partial charge in [-0.2, -0.15) is 15.4 Å². The maximum atomic E-state index is 12.8. The highest BCUT2D eigenvalue weighted by Gasteiger charge is 2.59. The molecule has 2 aromatic carbocycles. The highest BCUT2D eigenvalue weighted by atomic mass is 35.5. The van der Waals surface area contributed by atoms with Crippen molar-refractivity contribution in [2.45, 2.75) is 13.0 Å². The number of hydrazone groups is 1. The number of methoxy groups -OCH3 is 1. The number of rotatable bonds is 6. The summed E-state index contributed by atoms with van der Waals surface area (Å²) in [5, 5.41) is 14.7. The third-order valence-corrected chi connectivity index (χ3v) is 6.81. The number of halogens is 1. The molecule has 4 atom stereocenters. The van der Waals surface area contributed by atoms with Crippen LogP contribution in [0.5, 0.6) is 11.5 Å². The second-order valence-corrected chi connectivity index (χ2v) is 8.73. The maximum Gasteiger partial charge on any atom is 0.254 e. The lowest BCUT2D eigenvalue weighted by Gasteiger charge is -2.14. The molecule has 166 valence electrons. The number of ether oxygens (including phenoxy) is 2. The lowest BCUT2D eigenvalue weighted by atomic mass is 9.85. The van der Waals surface area contributed by atoms with E-state index in [4.69, 9.17) is 21.1 Å². The number of carbonyl (C=O) groups is 2. The van der Waals surface area contributed by atoms with E-state index in [1.807, 2.05) is 18.2 Å². The van der Waals surface area contributed by atoms with Crippen molar-refractivity contribution in [1.82, 2.24) is 5.01 Å². The third kappa shape index (κ3) is 3.57. The monoisotopic (exact) mass is 461 g/mol. The SMILES string of the molecule is COc1cc(C=NN2C(=O)C3C4C=CC(C4)C3C2=O)cc(Cl)c1OCc1ccccc1C#N. The summed E-state index contributed by atoms with van der Waals surface area (Å²) in [7, 11) is 1.49. The van der Waals surface area contributed by atoms with E-state index in [2.05, 4.69) is 11.2 Å². The number of benzene rings is 2. The fraction of sp³-hybridized carbons (Fsp3) is 0.280. The molecule has 1 saturated heterocycles. The summed E-state index contributed by atoms with van der Waals surface area (Å²) in [6, 6.07) is 12.6. The Bertz CT molecular complexity index is 1220. The standard InChI is InChI=1S/C25H20ClN3O4/c1-32-20-9-14(8-19(26)23(20)33-13-18-5-3-2-4-17(18)11-27)12-28-29-24(30)21-15-6-7-16(10-15)22(21)25(29)31/h2-9,12,15-16,21-22H,10,13H2,1H3. The molecule has 2 aromatic rings. The second-order valence-electron chi connectivity index (χ2n) is 8.32. The molecule has 2 amide bonds. The zero-order valence-electron chi connectivity index (χ0n) is 17.8. The van der Waals surface area contributed by atoms with Gasteiger partial charge in [0.15, 0.2) is 11.5 Å². The van der Waals surface area contributed by atoms with Crippen molar-refractivity contribution in [3.63, 3.8) is 0 Å². The largest absolute Gasteiger partial charge is 0.493 e. The van der Waals surface area contributed by atoms with Crippen molar-refractivity contribution < 1.29 is 19.1 Å². The molecule has 8 heteroatoms. The lowest BCUT2D eigenvalue weighted by Crippen LogP contribution is -2.28. The van der Waals surface area contributed by atoms with Gasteiger partial charge in [0.2, 0.25) is 0 Å². The number of nitrogens with zero attached hydrogens (tertiary/aromatic N) is 3. The first-order valence-electron chi connectivity index (χ1n) is 10.6. The van der Waals surface area contributed by atoms with Crippen LogP contribution in [-0.4, -0.2) is 30.1 Å². The van der Waals surface area contributed by atoms with Crippen LogP contribution < -0.4 is 9.47 Å². The van der Waals surface area contributed by atoms with E-state index in [1.165, 1.54) is 13.3 Å². The first kappa shape index (κ1) is 21.2. The third-order valence-electron chi connectivity index (χ3n) is 6.53. The number of allylic oxidation sites excluding steroid dienone is 2. The zero-order chi connectivity index (χ0) is 23.1. The number of carbonyl (C=O) groups excluding carboxylic acids is 2. The number of nitriles is 1. The predicted molar refractivity (Wildman–Crippen MR) is 121 cm³/mol. The van der Waals surface area contributed by atoms with E-state index in [0.717, 1.165) is 17.0 Å². The van der Waals surface area contributed by atoms with Crippen molar-refractivity contribution in [1.29, 1.82) is 5.26 Å². The molecule has 4 unspecified atom stereocenters. The predicted octanol–water partition coefficient (Wildman–Crippen LogP) is 3.94. The van der Waals surface area contributed by atoms with Gasteiger partial charge in [0, 0.05) is 5.56 Å². The van der Waals surface area contributed by atoms with Crippen molar-refractivity contribution in [3.05, 3.63) is 70.3 Å². The zero-order valence-corrected chi connectivity index (χ0v) is 18.5. The number of fused-ring (bicyclic) bond motifs is 5. The van der Waals surface area contributed by atoms with Gasteiger partial charge in [-0.15, -0.1) is 0 Å². The van der Waals surface area contributed by atoms with Crippen LogP contribution in [0.1, 0.15) is 23.1 Å². The minimum atomic E-state index is -0.296. The molecule has 1 aliphatic heterocycles. The van der Waals surface area contributed by atoms with Gasteiger partial charge in [0.05, 0.1) is 41.8 Å². The Morgan fingerprint density at radius 1 is 1.18 bits per heavy atom. The Hall–Kier alpha value is -3.63. The molecule has 0 spiro atoms. The van der Waals surface area contributed by atoms with Crippen LogP contribution in [0.15, 0.2) is 53.7 Å². The van der Waals surface area contributed by atoms with Crippen molar-refractivity contribution >= 4 is 29.6 Å². The molecule has 2 fully saturated rings. The molecule has 0 radical (unpaired) electrons. The Kier molecular flexibility index (Phi) is 5.39. The summed E-state index contributed by atoms with van der Waals surface area (Å²) in [6.07, 6.45) is 6.39. The van der Waals surface area contributed by atoms with Gasteiger partial charge in [-0.05, 0) is 42.0 Å². The van der Waals surface area contributed by atoms with Crippen molar-refractivity contribution in [3.8, 4) is 17.6 Å². The average molecular weight is 462 g/mol. The summed E-state index contributed by atoms with van der Waals surface area (Å²) in [4.78, 5) is 25.6. The van der Waals surface area contributed by atoms with E-state index in [1.54, 1.807) is 30.3 Å². The van der Waals surface area contributed by atoms with Crippen LogP contribution in [0, 0.1) is 35.0 Å². The van der Waals surface area contributed by atoms with Gasteiger partial charge in [-0.1, -0.05) is 42.0 Å². The molecule has 7 nitrogen and oxygen atoms in total. The number of hydrogen-bond donors (Lipinski definition) is 0. The normalized spacial score (nSPS) is 25.1. The van der Waals surface area contributed by atoms with Gasteiger partial charge in [0.1, 0.15) is 6.61 Å². The van der Waals surface area contributed by atoms with E-state index in [-0.39, 0.29) is 47.1 Å². The van der Waals surface area contributed by atoms with Crippen LogP contribution in [0.3, 0.4) is 0 Å². The first-order chi connectivity index (χ1) is 16.0. The van der Waals surface area contributed by atoms with Crippen LogP contribution in [-0.2, 0) is 16.2 Å². The molecule has 1 heterocycles. The van der Waals surface area contributed by atoms with Gasteiger partial charge >= 0.3 is 0 Å². The summed E-state index contributed by atoms with van der Waals surface area (Å²) in [6.45, 7) is 0.142. The minimum Gasteiger partial charge on any atom is -0.493 e. The van der Waals surface area contributed by atoms with Crippen molar-refractivity contribution in [2.24, 2.45) is 28.8 Å². The fourth-order valence-corrected chi connectivity index (χ4v) is 5.26. The quantitative estimate of drug-likeness (QED) is 0.369. The van der Waals surface area contributed by atoms with Crippen LogP contribution >= 0.6 is 11.6 Å². The molecule has 3 aliphatic rings. The summed E-state index contributed by atoms with van der Waals surface area (Å²) in [5.74, 6) is -0.113. The van der Waals surface area contributed by atoms with Crippen molar-refractivity contribution in [2.75, 3.05) is 7.11 Å². The molecule has 2 aliphatic carbocycles. The van der Waals surface area contributed by atoms with Gasteiger partial charge < -0.3 is 9.47 Å². The summed E-state index contributed by atoms with van der Waals surface area (Å²) >= 11 is 6.44. The van der Waals surface area contributed by atoms with E-state index >= 15 is 0 Å². The first-order valence-corrected chi connectivity index (χ1v) is 11.0. The number of hydrogen-bond acceptors (Lipinski definition) is 6. The van der Waals surface area contributed by atoms with E-state index < -0.39 is 0 Å². The molecule has 33 heavy (non-hydrogen) atoms. The number of amides is 2. The van der Waals surface area contributed by atoms with E-state index in [0.29, 0.717) is 22.6 Å².